The highest BCUT2D eigenvalue weighted by Crippen LogP contribution is 2.17. The molecule has 0 saturated carbocycles. The van der Waals surface area contributed by atoms with Crippen molar-refractivity contribution in [3.05, 3.63) is 35.7 Å². The van der Waals surface area contributed by atoms with Gasteiger partial charge in [-0.3, -0.25) is 5.10 Å². The standard InChI is InChI=1S/C14H19N5O/c15-11-4-2-6-19(9-11)14-16-13(17-18-14)8-10-3-1-5-12(20)7-10/h1,3,5,7,11,20H,2,4,6,8-9,15H2,(H,16,17,18). The molecule has 1 aliphatic rings. The number of phenols is 1. The van der Waals surface area contributed by atoms with Crippen molar-refractivity contribution in [2.75, 3.05) is 18.0 Å². The van der Waals surface area contributed by atoms with Crippen LogP contribution in [0.5, 0.6) is 5.75 Å². The van der Waals surface area contributed by atoms with E-state index in [1.165, 1.54) is 0 Å². The van der Waals surface area contributed by atoms with Crippen LogP contribution >= 0.6 is 0 Å². The lowest BCUT2D eigenvalue weighted by Crippen LogP contribution is -2.43. The van der Waals surface area contributed by atoms with E-state index in [0.29, 0.717) is 6.42 Å². The molecule has 0 amide bonds. The zero-order chi connectivity index (χ0) is 13.9. The quantitative estimate of drug-likeness (QED) is 0.777. The van der Waals surface area contributed by atoms with Gasteiger partial charge in [0.25, 0.3) is 0 Å². The molecule has 2 aromatic rings. The van der Waals surface area contributed by atoms with Crippen LogP contribution in [0.25, 0.3) is 0 Å². The van der Waals surface area contributed by atoms with E-state index in [4.69, 9.17) is 5.73 Å². The smallest absolute Gasteiger partial charge is 0.244 e. The molecule has 1 atom stereocenters. The van der Waals surface area contributed by atoms with Gasteiger partial charge in [0.1, 0.15) is 11.6 Å². The molecular formula is C14H19N5O. The summed E-state index contributed by atoms with van der Waals surface area (Å²) in [6.45, 7) is 1.76. The predicted octanol–water partition coefficient (Wildman–Crippen LogP) is 1.03. The summed E-state index contributed by atoms with van der Waals surface area (Å²) in [6, 6.07) is 7.38. The number of rotatable bonds is 3. The van der Waals surface area contributed by atoms with E-state index in [-0.39, 0.29) is 11.8 Å². The maximum Gasteiger partial charge on any atom is 0.244 e. The molecule has 20 heavy (non-hydrogen) atoms. The molecule has 1 aromatic heterocycles. The van der Waals surface area contributed by atoms with Crippen molar-refractivity contribution in [3.8, 4) is 5.75 Å². The van der Waals surface area contributed by atoms with Gasteiger partial charge >= 0.3 is 0 Å². The number of hydrogen-bond acceptors (Lipinski definition) is 5. The van der Waals surface area contributed by atoms with Crippen molar-refractivity contribution in [1.29, 1.82) is 0 Å². The normalized spacial score (nSPS) is 19.2. The van der Waals surface area contributed by atoms with E-state index in [9.17, 15) is 5.11 Å². The lowest BCUT2D eigenvalue weighted by Gasteiger charge is -2.29. The maximum absolute atomic E-state index is 9.46. The topological polar surface area (TPSA) is 91.1 Å². The van der Waals surface area contributed by atoms with Crippen molar-refractivity contribution in [3.63, 3.8) is 0 Å². The third-order valence-electron chi connectivity index (χ3n) is 3.54. The van der Waals surface area contributed by atoms with Gasteiger partial charge in [-0.05, 0) is 30.5 Å². The van der Waals surface area contributed by atoms with Crippen molar-refractivity contribution in [2.24, 2.45) is 5.73 Å². The zero-order valence-corrected chi connectivity index (χ0v) is 11.3. The molecule has 1 fully saturated rings. The molecule has 4 N–H and O–H groups in total. The molecule has 106 valence electrons. The number of nitrogens with one attached hydrogen (secondary N) is 1. The molecule has 2 heterocycles. The van der Waals surface area contributed by atoms with Gasteiger partial charge in [-0.25, -0.2) is 0 Å². The number of hydrogen-bond donors (Lipinski definition) is 3. The minimum atomic E-state index is 0.205. The van der Waals surface area contributed by atoms with Crippen LogP contribution in [-0.2, 0) is 6.42 Å². The molecule has 1 aromatic carbocycles. The lowest BCUT2D eigenvalue weighted by atomic mass is 10.1. The van der Waals surface area contributed by atoms with E-state index in [2.05, 4.69) is 20.1 Å². The Hall–Kier alpha value is -2.08. The van der Waals surface area contributed by atoms with Gasteiger partial charge in [-0.2, -0.15) is 4.98 Å². The number of nitrogens with two attached hydrogens (primary N) is 1. The first-order valence-corrected chi connectivity index (χ1v) is 6.90. The number of aromatic nitrogens is 3. The van der Waals surface area contributed by atoms with Gasteiger partial charge in [0.15, 0.2) is 0 Å². The summed E-state index contributed by atoms with van der Waals surface area (Å²) < 4.78 is 0. The summed E-state index contributed by atoms with van der Waals surface area (Å²) in [7, 11) is 0. The number of nitrogens with zero attached hydrogens (tertiary/aromatic N) is 3. The number of benzene rings is 1. The third-order valence-corrected chi connectivity index (χ3v) is 3.54. The summed E-state index contributed by atoms with van der Waals surface area (Å²) in [5, 5.41) is 16.7. The highest BCUT2D eigenvalue weighted by molar-refractivity contribution is 5.33. The SMILES string of the molecule is NC1CCCN(c2n[nH]c(Cc3cccc(O)c3)n2)C1. The number of anilines is 1. The number of phenolic OH excluding ortho intramolecular Hbond substituents is 1. The fourth-order valence-corrected chi connectivity index (χ4v) is 2.56. The van der Waals surface area contributed by atoms with Crippen LogP contribution in [0.15, 0.2) is 24.3 Å². The van der Waals surface area contributed by atoms with Crippen LogP contribution in [-0.4, -0.2) is 39.4 Å². The largest absolute Gasteiger partial charge is 0.508 e. The number of aromatic hydroxyl groups is 1. The van der Waals surface area contributed by atoms with Crippen molar-refractivity contribution < 1.29 is 5.11 Å². The van der Waals surface area contributed by atoms with Crippen LogP contribution in [0.2, 0.25) is 0 Å². The molecule has 0 radical (unpaired) electrons. The highest BCUT2D eigenvalue weighted by Gasteiger charge is 2.20. The summed E-state index contributed by atoms with van der Waals surface area (Å²) in [6.07, 6.45) is 2.77. The Morgan fingerprint density at radius 3 is 3.15 bits per heavy atom. The van der Waals surface area contributed by atoms with Crippen LogP contribution in [0.1, 0.15) is 24.2 Å². The second-order valence-corrected chi connectivity index (χ2v) is 5.28. The summed E-state index contributed by atoms with van der Waals surface area (Å²) in [5.41, 5.74) is 6.98. The number of H-pyrrole nitrogens is 1. The predicted molar refractivity (Wildman–Crippen MR) is 76.7 cm³/mol. The van der Waals surface area contributed by atoms with E-state index in [1.807, 2.05) is 12.1 Å². The summed E-state index contributed by atoms with van der Waals surface area (Å²) in [4.78, 5) is 6.64. The van der Waals surface area contributed by atoms with E-state index in [1.54, 1.807) is 12.1 Å². The van der Waals surface area contributed by atoms with E-state index < -0.39 is 0 Å². The van der Waals surface area contributed by atoms with Crippen molar-refractivity contribution in [2.45, 2.75) is 25.3 Å². The molecule has 6 heteroatoms. The second-order valence-electron chi connectivity index (χ2n) is 5.28. The Morgan fingerprint density at radius 2 is 2.35 bits per heavy atom. The van der Waals surface area contributed by atoms with Gasteiger partial charge < -0.3 is 15.7 Å². The van der Waals surface area contributed by atoms with Crippen LogP contribution < -0.4 is 10.6 Å². The Bertz CT molecular complexity index is 582. The Morgan fingerprint density at radius 1 is 1.45 bits per heavy atom. The van der Waals surface area contributed by atoms with Crippen molar-refractivity contribution in [1.82, 2.24) is 15.2 Å². The first kappa shape index (κ1) is 12.9. The minimum Gasteiger partial charge on any atom is -0.508 e. The Balaban J connectivity index is 1.70. The fourth-order valence-electron chi connectivity index (χ4n) is 2.56. The lowest BCUT2D eigenvalue weighted by molar-refractivity contribution is 0.474. The van der Waals surface area contributed by atoms with Gasteiger partial charge in [0.05, 0.1) is 0 Å². The van der Waals surface area contributed by atoms with Gasteiger partial charge in [0, 0.05) is 25.6 Å². The second kappa shape index (κ2) is 5.50. The molecule has 0 aliphatic carbocycles. The molecule has 0 spiro atoms. The summed E-state index contributed by atoms with van der Waals surface area (Å²) in [5.74, 6) is 1.78. The molecule has 3 rings (SSSR count). The van der Waals surface area contributed by atoms with Crippen LogP contribution in [0.3, 0.4) is 0 Å². The number of piperidine rings is 1. The number of aromatic amines is 1. The average molecular weight is 273 g/mol. The minimum absolute atomic E-state index is 0.205. The third kappa shape index (κ3) is 2.91. The Labute approximate surface area is 117 Å². The Kier molecular flexibility index (Phi) is 3.56. The molecule has 6 nitrogen and oxygen atoms in total. The molecule has 0 bridgehead atoms. The van der Waals surface area contributed by atoms with Gasteiger partial charge in [-0.1, -0.05) is 12.1 Å². The first-order chi connectivity index (χ1) is 9.70. The fraction of sp³-hybridized carbons (Fsp3) is 0.429. The molecular weight excluding hydrogens is 254 g/mol. The van der Waals surface area contributed by atoms with Crippen molar-refractivity contribution >= 4 is 5.95 Å². The monoisotopic (exact) mass is 273 g/mol. The zero-order valence-electron chi connectivity index (χ0n) is 11.3. The molecule has 1 saturated heterocycles. The summed E-state index contributed by atoms with van der Waals surface area (Å²) >= 11 is 0. The average Bonchev–Trinajstić information content (AvgIpc) is 2.87. The van der Waals surface area contributed by atoms with Crippen LogP contribution in [0, 0.1) is 0 Å². The molecule has 1 unspecified atom stereocenters. The van der Waals surface area contributed by atoms with Crippen LogP contribution in [0.4, 0.5) is 5.95 Å². The van der Waals surface area contributed by atoms with E-state index >= 15 is 0 Å². The molecule has 1 aliphatic heterocycles. The maximum atomic E-state index is 9.46. The first-order valence-electron chi connectivity index (χ1n) is 6.90. The van der Waals surface area contributed by atoms with Gasteiger partial charge in [-0.15, -0.1) is 5.10 Å². The highest BCUT2D eigenvalue weighted by atomic mass is 16.3. The van der Waals surface area contributed by atoms with Gasteiger partial charge in [0.2, 0.25) is 5.95 Å². The van der Waals surface area contributed by atoms with E-state index in [0.717, 1.165) is 43.3 Å².